The molecule has 3 aromatic rings. The van der Waals surface area contributed by atoms with Crippen LogP contribution in [0.3, 0.4) is 0 Å². The third-order valence-corrected chi connectivity index (χ3v) is 5.44. The van der Waals surface area contributed by atoms with Crippen LogP contribution in [0.4, 0.5) is 14.7 Å². The SMILES string of the molecule is CN(C)c1ncc(-c2ccc(F)cc2F)c([C@H]2CCCN(C(=O)Cn3cccn3)C2)n1. The van der Waals surface area contributed by atoms with Crippen molar-refractivity contribution in [2.75, 3.05) is 32.1 Å². The highest BCUT2D eigenvalue weighted by molar-refractivity contribution is 5.76. The summed E-state index contributed by atoms with van der Waals surface area (Å²) in [6.45, 7) is 1.30. The van der Waals surface area contributed by atoms with Crippen molar-refractivity contribution in [2.24, 2.45) is 0 Å². The van der Waals surface area contributed by atoms with E-state index in [-0.39, 0.29) is 23.9 Å². The summed E-state index contributed by atoms with van der Waals surface area (Å²) in [4.78, 5) is 25.4. The number of benzene rings is 1. The van der Waals surface area contributed by atoms with E-state index in [2.05, 4.69) is 10.1 Å². The number of carbonyl (C=O) groups is 1. The molecular weight excluding hydrogens is 402 g/mol. The van der Waals surface area contributed by atoms with Gasteiger partial charge in [0.2, 0.25) is 11.9 Å². The molecule has 9 heteroatoms. The Labute approximate surface area is 179 Å². The fraction of sp³-hybridized carbons (Fsp3) is 0.364. The molecule has 162 valence electrons. The van der Waals surface area contributed by atoms with Crippen molar-refractivity contribution in [3.8, 4) is 11.1 Å². The minimum Gasteiger partial charge on any atom is -0.347 e. The molecule has 4 rings (SSSR count). The largest absolute Gasteiger partial charge is 0.347 e. The summed E-state index contributed by atoms with van der Waals surface area (Å²) in [5, 5.41) is 4.10. The smallest absolute Gasteiger partial charge is 0.244 e. The van der Waals surface area contributed by atoms with Crippen molar-refractivity contribution in [1.82, 2.24) is 24.6 Å². The van der Waals surface area contributed by atoms with Crippen molar-refractivity contribution in [2.45, 2.75) is 25.3 Å². The van der Waals surface area contributed by atoms with Crippen LogP contribution in [0.2, 0.25) is 0 Å². The summed E-state index contributed by atoms with van der Waals surface area (Å²) in [6, 6.07) is 5.27. The Bertz CT molecular complexity index is 1070. The lowest BCUT2D eigenvalue weighted by Gasteiger charge is -2.33. The fourth-order valence-electron chi connectivity index (χ4n) is 3.89. The Hall–Kier alpha value is -3.36. The van der Waals surface area contributed by atoms with Crippen LogP contribution in [0.5, 0.6) is 0 Å². The summed E-state index contributed by atoms with van der Waals surface area (Å²) >= 11 is 0. The molecule has 7 nitrogen and oxygen atoms in total. The average Bonchev–Trinajstić information content (AvgIpc) is 3.26. The molecule has 2 aromatic heterocycles. The number of anilines is 1. The second kappa shape index (κ2) is 8.79. The van der Waals surface area contributed by atoms with E-state index in [1.807, 2.05) is 14.1 Å². The molecular formula is C22H24F2N6O. The van der Waals surface area contributed by atoms with Crippen LogP contribution in [0, 0.1) is 11.6 Å². The molecule has 1 aromatic carbocycles. The topological polar surface area (TPSA) is 67.2 Å². The summed E-state index contributed by atoms with van der Waals surface area (Å²) in [6.07, 6.45) is 6.59. The lowest BCUT2D eigenvalue weighted by atomic mass is 9.89. The Balaban J connectivity index is 1.66. The van der Waals surface area contributed by atoms with Gasteiger partial charge in [-0.25, -0.2) is 18.7 Å². The number of hydrogen-bond acceptors (Lipinski definition) is 5. The molecule has 0 aliphatic carbocycles. The summed E-state index contributed by atoms with van der Waals surface area (Å²) in [5.74, 6) is -0.908. The minimum atomic E-state index is -0.662. The second-order valence-electron chi connectivity index (χ2n) is 7.87. The molecule has 0 radical (unpaired) electrons. The maximum atomic E-state index is 14.6. The number of amides is 1. The predicted octanol–water partition coefficient (Wildman–Crippen LogP) is 3.09. The predicted molar refractivity (Wildman–Crippen MR) is 112 cm³/mol. The summed E-state index contributed by atoms with van der Waals surface area (Å²) < 4.78 is 29.6. The first-order valence-electron chi connectivity index (χ1n) is 10.2. The van der Waals surface area contributed by atoms with Crippen LogP contribution in [0.15, 0.2) is 42.9 Å². The zero-order valence-corrected chi connectivity index (χ0v) is 17.5. The van der Waals surface area contributed by atoms with Crippen LogP contribution in [-0.2, 0) is 11.3 Å². The Morgan fingerprint density at radius 2 is 2.10 bits per heavy atom. The first-order chi connectivity index (χ1) is 14.9. The number of nitrogens with zero attached hydrogens (tertiary/aromatic N) is 6. The standard InChI is InChI=1S/C22H24F2N6O/c1-28(2)22-25-12-18(17-7-6-16(23)11-19(17)24)21(27-22)15-5-3-9-29(13-15)20(31)14-30-10-4-8-26-30/h4,6-8,10-12,15H,3,5,9,13-14H2,1-2H3/t15-/m0/s1. The molecule has 0 unspecified atom stereocenters. The van der Waals surface area contributed by atoms with E-state index in [1.54, 1.807) is 39.1 Å². The zero-order chi connectivity index (χ0) is 22.0. The van der Waals surface area contributed by atoms with Crippen molar-refractivity contribution in [3.63, 3.8) is 0 Å². The third kappa shape index (κ3) is 4.55. The van der Waals surface area contributed by atoms with Crippen LogP contribution in [0.1, 0.15) is 24.5 Å². The highest BCUT2D eigenvalue weighted by Gasteiger charge is 2.29. The molecule has 1 aliphatic rings. The first-order valence-corrected chi connectivity index (χ1v) is 10.2. The van der Waals surface area contributed by atoms with Gasteiger partial charge in [0.1, 0.15) is 18.2 Å². The van der Waals surface area contributed by atoms with Crippen LogP contribution < -0.4 is 4.90 Å². The second-order valence-corrected chi connectivity index (χ2v) is 7.87. The van der Waals surface area contributed by atoms with Gasteiger partial charge in [0.05, 0.1) is 5.69 Å². The number of likely N-dealkylation sites (tertiary alicyclic amines) is 1. The number of hydrogen-bond donors (Lipinski definition) is 0. The monoisotopic (exact) mass is 426 g/mol. The van der Waals surface area contributed by atoms with E-state index in [4.69, 9.17) is 4.98 Å². The molecule has 1 atom stereocenters. The Morgan fingerprint density at radius 1 is 1.26 bits per heavy atom. The van der Waals surface area contributed by atoms with Gasteiger partial charge < -0.3 is 9.80 Å². The third-order valence-electron chi connectivity index (χ3n) is 5.44. The molecule has 0 saturated carbocycles. The van der Waals surface area contributed by atoms with Crippen molar-refractivity contribution >= 4 is 11.9 Å². The van der Waals surface area contributed by atoms with Gasteiger partial charge in [-0.2, -0.15) is 5.10 Å². The van der Waals surface area contributed by atoms with E-state index in [0.717, 1.165) is 18.9 Å². The molecule has 31 heavy (non-hydrogen) atoms. The fourth-order valence-corrected chi connectivity index (χ4v) is 3.89. The molecule has 0 N–H and O–H groups in total. The van der Waals surface area contributed by atoms with Gasteiger partial charge in [0.25, 0.3) is 0 Å². The lowest BCUT2D eigenvalue weighted by Crippen LogP contribution is -2.41. The molecule has 0 bridgehead atoms. The van der Waals surface area contributed by atoms with Gasteiger partial charge in [-0.3, -0.25) is 9.48 Å². The van der Waals surface area contributed by atoms with Crippen LogP contribution in [-0.4, -0.2) is 57.7 Å². The van der Waals surface area contributed by atoms with Gasteiger partial charge in [-0.05, 0) is 31.0 Å². The zero-order valence-electron chi connectivity index (χ0n) is 17.5. The van der Waals surface area contributed by atoms with Crippen molar-refractivity contribution in [1.29, 1.82) is 0 Å². The number of carbonyl (C=O) groups excluding carboxylic acids is 1. The first kappa shape index (κ1) is 20.9. The van der Waals surface area contributed by atoms with Crippen LogP contribution >= 0.6 is 0 Å². The van der Waals surface area contributed by atoms with Gasteiger partial charge in [0, 0.05) is 68.9 Å². The van der Waals surface area contributed by atoms with Gasteiger partial charge in [-0.15, -0.1) is 0 Å². The molecule has 1 saturated heterocycles. The number of piperidine rings is 1. The quantitative estimate of drug-likeness (QED) is 0.627. The Morgan fingerprint density at radius 3 is 2.81 bits per heavy atom. The lowest BCUT2D eigenvalue weighted by molar-refractivity contribution is -0.133. The maximum Gasteiger partial charge on any atom is 0.244 e. The minimum absolute atomic E-state index is 0.0233. The normalized spacial score (nSPS) is 16.4. The molecule has 0 spiro atoms. The number of aromatic nitrogens is 4. The van der Waals surface area contributed by atoms with E-state index in [0.29, 0.717) is 30.3 Å². The number of halogens is 2. The molecule has 1 fully saturated rings. The van der Waals surface area contributed by atoms with E-state index in [9.17, 15) is 13.6 Å². The summed E-state index contributed by atoms with van der Waals surface area (Å²) in [7, 11) is 3.66. The number of rotatable bonds is 5. The van der Waals surface area contributed by atoms with Gasteiger partial charge in [0.15, 0.2) is 0 Å². The average molecular weight is 426 g/mol. The van der Waals surface area contributed by atoms with Crippen molar-refractivity contribution in [3.05, 3.63) is 60.2 Å². The van der Waals surface area contributed by atoms with E-state index < -0.39 is 11.6 Å². The molecule has 1 aliphatic heterocycles. The highest BCUT2D eigenvalue weighted by Crippen LogP contribution is 2.35. The molecule has 1 amide bonds. The maximum absolute atomic E-state index is 14.6. The summed E-state index contributed by atoms with van der Waals surface area (Å²) in [5.41, 5.74) is 1.44. The van der Waals surface area contributed by atoms with E-state index >= 15 is 0 Å². The van der Waals surface area contributed by atoms with Crippen LogP contribution in [0.25, 0.3) is 11.1 Å². The van der Waals surface area contributed by atoms with Crippen molar-refractivity contribution < 1.29 is 13.6 Å². The van der Waals surface area contributed by atoms with Gasteiger partial charge >= 0.3 is 0 Å². The van der Waals surface area contributed by atoms with E-state index in [1.165, 1.54) is 12.1 Å². The Kier molecular flexibility index (Phi) is 5.92. The van der Waals surface area contributed by atoms with Gasteiger partial charge in [-0.1, -0.05) is 0 Å². The molecule has 3 heterocycles. The highest BCUT2D eigenvalue weighted by atomic mass is 19.1.